The zero-order valence-electron chi connectivity index (χ0n) is 21.6. The summed E-state index contributed by atoms with van der Waals surface area (Å²) in [5, 5.41) is 16.2. The summed E-state index contributed by atoms with van der Waals surface area (Å²) in [5.41, 5.74) is 1.99. The van der Waals surface area contributed by atoms with Crippen LogP contribution in [0.2, 0.25) is 5.02 Å². The molecule has 0 aliphatic carbocycles. The largest absolute Gasteiger partial charge is 0.494 e. The monoisotopic (exact) mass is 560 g/mol. The maximum Gasteiger partial charge on any atom is 0.242 e. The molecule has 10 nitrogen and oxygen atoms in total. The highest BCUT2D eigenvalue weighted by Crippen LogP contribution is 2.34. The van der Waals surface area contributed by atoms with Crippen molar-refractivity contribution in [1.82, 2.24) is 14.7 Å². The molecule has 1 fully saturated rings. The lowest BCUT2D eigenvalue weighted by Crippen LogP contribution is -2.35. The van der Waals surface area contributed by atoms with E-state index in [0.717, 1.165) is 31.6 Å². The Kier molecular flexibility index (Phi) is 8.93. The van der Waals surface area contributed by atoms with Gasteiger partial charge in [0.25, 0.3) is 0 Å². The van der Waals surface area contributed by atoms with Crippen molar-refractivity contribution in [2.45, 2.75) is 37.7 Å². The molecule has 0 unspecified atom stereocenters. The first-order valence-corrected chi connectivity index (χ1v) is 14.3. The second kappa shape index (κ2) is 12.2. The van der Waals surface area contributed by atoms with Crippen molar-refractivity contribution in [3.8, 4) is 5.75 Å². The Morgan fingerprint density at radius 2 is 1.87 bits per heavy atom. The molecule has 4 N–H and O–H groups in total. The molecule has 0 radical (unpaired) electrons. The third-order valence-electron chi connectivity index (χ3n) is 6.12. The van der Waals surface area contributed by atoms with E-state index in [-0.39, 0.29) is 33.7 Å². The molecule has 0 bridgehead atoms. The minimum Gasteiger partial charge on any atom is -0.494 e. The standard InChI is InChI=1S/C26H33ClN6O4S/c1-17(2)15-29-38(35,36)24-7-5-4-6-22(24)30-25-20(27)16-28-26(32-25)31-21-9-8-18(14-23(21)37-3)33-12-10-19(34)11-13-33/h4-9,14,16-17,19,29,34H,10-13,15H2,1-3H3,(H2,28,30,31,32). The lowest BCUT2D eigenvalue weighted by molar-refractivity contribution is 0.145. The number of halogens is 1. The predicted molar refractivity (Wildman–Crippen MR) is 151 cm³/mol. The van der Waals surface area contributed by atoms with Crippen molar-refractivity contribution in [1.29, 1.82) is 0 Å². The highest BCUT2D eigenvalue weighted by Gasteiger charge is 2.21. The van der Waals surface area contributed by atoms with Gasteiger partial charge in [-0.2, -0.15) is 4.98 Å². The van der Waals surface area contributed by atoms with E-state index in [1.165, 1.54) is 12.3 Å². The molecule has 0 atom stereocenters. The fourth-order valence-corrected chi connectivity index (χ4v) is 5.54. The Bertz CT molecular complexity index is 1360. The van der Waals surface area contributed by atoms with E-state index in [2.05, 4.69) is 30.2 Å². The zero-order chi connectivity index (χ0) is 27.3. The first-order chi connectivity index (χ1) is 18.2. The number of anilines is 5. The van der Waals surface area contributed by atoms with E-state index in [0.29, 0.717) is 23.7 Å². The Balaban J connectivity index is 1.55. The van der Waals surface area contributed by atoms with Crippen LogP contribution in [0.4, 0.5) is 28.8 Å². The van der Waals surface area contributed by atoms with Crippen molar-refractivity contribution >= 4 is 50.5 Å². The number of aliphatic hydroxyl groups excluding tert-OH is 1. The van der Waals surface area contributed by atoms with E-state index in [1.54, 1.807) is 25.3 Å². The van der Waals surface area contributed by atoms with Gasteiger partial charge in [0.2, 0.25) is 16.0 Å². The van der Waals surface area contributed by atoms with Gasteiger partial charge < -0.3 is 25.4 Å². The highest BCUT2D eigenvalue weighted by molar-refractivity contribution is 7.89. The first-order valence-electron chi connectivity index (χ1n) is 12.4. The molecular formula is C26H33ClN6O4S. The lowest BCUT2D eigenvalue weighted by Gasteiger charge is -2.31. The first kappa shape index (κ1) is 27.9. The molecule has 38 heavy (non-hydrogen) atoms. The van der Waals surface area contributed by atoms with Gasteiger partial charge >= 0.3 is 0 Å². The topological polar surface area (TPSA) is 129 Å². The number of rotatable bonds is 10. The van der Waals surface area contributed by atoms with Crippen LogP contribution in [0.25, 0.3) is 0 Å². The van der Waals surface area contributed by atoms with Crippen molar-refractivity contribution < 1.29 is 18.3 Å². The van der Waals surface area contributed by atoms with Gasteiger partial charge in [-0.1, -0.05) is 37.6 Å². The van der Waals surface area contributed by atoms with Crippen LogP contribution in [-0.4, -0.2) is 56.3 Å². The second-order valence-electron chi connectivity index (χ2n) is 9.48. The number of benzene rings is 2. The van der Waals surface area contributed by atoms with Gasteiger partial charge in [-0.05, 0) is 43.0 Å². The van der Waals surface area contributed by atoms with Gasteiger partial charge in [0, 0.05) is 31.4 Å². The number of aliphatic hydroxyl groups is 1. The van der Waals surface area contributed by atoms with Gasteiger partial charge in [-0.25, -0.2) is 18.1 Å². The molecular weight excluding hydrogens is 528 g/mol. The minimum atomic E-state index is -3.75. The number of piperidine rings is 1. The molecule has 2 heterocycles. The van der Waals surface area contributed by atoms with Crippen LogP contribution >= 0.6 is 11.6 Å². The molecule has 1 saturated heterocycles. The molecule has 1 aliphatic heterocycles. The van der Waals surface area contributed by atoms with Gasteiger partial charge in [-0.15, -0.1) is 0 Å². The summed E-state index contributed by atoms with van der Waals surface area (Å²) in [6, 6.07) is 12.3. The summed E-state index contributed by atoms with van der Waals surface area (Å²) in [6.07, 6.45) is 2.65. The summed E-state index contributed by atoms with van der Waals surface area (Å²) in [4.78, 5) is 11.1. The van der Waals surface area contributed by atoms with Gasteiger partial charge in [0.1, 0.15) is 15.7 Å². The number of nitrogens with one attached hydrogen (secondary N) is 3. The number of para-hydroxylation sites is 1. The molecule has 12 heteroatoms. The summed E-state index contributed by atoms with van der Waals surface area (Å²) in [7, 11) is -2.16. The van der Waals surface area contributed by atoms with Crippen molar-refractivity contribution in [2.24, 2.45) is 5.92 Å². The van der Waals surface area contributed by atoms with Crippen LogP contribution in [0, 0.1) is 5.92 Å². The van der Waals surface area contributed by atoms with Crippen LogP contribution in [0.15, 0.2) is 53.6 Å². The van der Waals surface area contributed by atoms with E-state index >= 15 is 0 Å². The molecule has 0 amide bonds. The van der Waals surface area contributed by atoms with E-state index in [9.17, 15) is 13.5 Å². The van der Waals surface area contributed by atoms with Crippen LogP contribution in [-0.2, 0) is 10.0 Å². The number of methoxy groups -OCH3 is 1. The Morgan fingerprint density at radius 3 is 2.58 bits per heavy atom. The normalized spacial score (nSPS) is 14.5. The number of hydrogen-bond acceptors (Lipinski definition) is 9. The van der Waals surface area contributed by atoms with Gasteiger partial charge in [-0.3, -0.25) is 0 Å². The lowest BCUT2D eigenvalue weighted by atomic mass is 10.1. The Morgan fingerprint density at radius 1 is 1.13 bits per heavy atom. The average Bonchev–Trinajstić information content (AvgIpc) is 2.90. The summed E-state index contributed by atoms with van der Waals surface area (Å²) < 4.78 is 34.1. The van der Waals surface area contributed by atoms with Gasteiger partial charge in [0.05, 0.1) is 30.8 Å². The summed E-state index contributed by atoms with van der Waals surface area (Å²) in [5.74, 6) is 1.27. The smallest absolute Gasteiger partial charge is 0.242 e. The second-order valence-corrected chi connectivity index (χ2v) is 11.6. The van der Waals surface area contributed by atoms with Crippen LogP contribution < -0.4 is 25.0 Å². The Labute approximate surface area is 228 Å². The van der Waals surface area contributed by atoms with E-state index < -0.39 is 10.0 Å². The maximum atomic E-state index is 12.9. The quantitative estimate of drug-likeness (QED) is 0.283. The maximum absolute atomic E-state index is 12.9. The fourth-order valence-electron chi connectivity index (χ4n) is 4.03. The number of nitrogens with zero attached hydrogens (tertiary/aromatic N) is 3. The van der Waals surface area contributed by atoms with Crippen LogP contribution in [0.3, 0.4) is 0 Å². The molecule has 0 saturated carbocycles. The molecule has 1 aromatic heterocycles. The van der Waals surface area contributed by atoms with E-state index in [1.807, 2.05) is 32.0 Å². The van der Waals surface area contributed by atoms with Crippen molar-refractivity contribution in [3.63, 3.8) is 0 Å². The molecule has 2 aromatic carbocycles. The molecule has 1 aliphatic rings. The molecule has 4 rings (SSSR count). The third-order valence-corrected chi connectivity index (χ3v) is 7.87. The summed E-state index contributed by atoms with van der Waals surface area (Å²) in [6.45, 7) is 5.74. The number of sulfonamides is 1. The molecule has 0 spiro atoms. The number of ether oxygens (including phenoxy) is 1. The predicted octanol–water partition coefficient (Wildman–Crippen LogP) is 4.52. The minimum absolute atomic E-state index is 0.0901. The third kappa shape index (κ3) is 6.84. The van der Waals surface area contributed by atoms with Crippen LogP contribution in [0.5, 0.6) is 5.75 Å². The average molecular weight is 561 g/mol. The fraction of sp³-hybridized carbons (Fsp3) is 0.385. The molecule has 3 aromatic rings. The highest BCUT2D eigenvalue weighted by atomic mass is 35.5. The number of aromatic nitrogens is 2. The SMILES string of the molecule is COc1cc(N2CCC(O)CC2)ccc1Nc1ncc(Cl)c(Nc2ccccc2S(=O)(=O)NCC(C)C)n1. The molecule has 204 valence electrons. The Hall–Kier alpha value is -3.12. The zero-order valence-corrected chi connectivity index (χ0v) is 23.2. The summed E-state index contributed by atoms with van der Waals surface area (Å²) >= 11 is 6.37. The number of hydrogen-bond donors (Lipinski definition) is 4. The van der Waals surface area contributed by atoms with Crippen molar-refractivity contribution in [2.75, 3.05) is 42.3 Å². The van der Waals surface area contributed by atoms with Crippen LogP contribution in [0.1, 0.15) is 26.7 Å². The van der Waals surface area contributed by atoms with E-state index in [4.69, 9.17) is 16.3 Å². The van der Waals surface area contributed by atoms with Gasteiger partial charge in [0.15, 0.2) is 5.82 Å². The van der Waals surface area contributed by atoms with Crippen molar-refractivity contribution in [3.05, 3.63) is 53.7 Å².